The maximum atomic E-state index is 10.9. The zero-order valence-electron chi connectivity index (χ0n) is 9.42. The van der Waals surface area contributed by atoms with Gasteiger partial charge in [-0.2, -0.15) is 0 Å². The lowest BCUT2D eigenvalue weighted by Gasteiger charge is -2.03. The number of aromatic nitrogens is 2. The number of carboxylic acid groups (broad SMARTS) is 1. The normalized spacial score (nSPS) is 10.3. The van der Waals surface area contributed by atoms with Crippen LogP contribution in [0.1, 0.15) is 16.2 Å². The Labute approximate surface area is 117 Å². The van der Waals surface area contributed by atoms with Gasteiger partial charge >= 0.3 is 5.97 Å². The molecule has 0 aliphatic heterocycles. The number of halogens is 1. The molecule has 92 valence electrons. The van der Waals surface area contributed by atoms with Crippen LogP contribution in [0.25, 0.3) is 0 Å². The third kappa shape index (κ3) is 3.30. The Morgan fingerprint density at radius 3 is 2.56 bits per heavy atom. The lowest BCUT2D eigenvalue weighted by molar-refractivity contribution is 0.0689. The summed E-state index contributed by atoms with van der Waals surface area (Å²) in [6, 6.07) is 9.11. The summed E-state index contributed by atoms with van der Waals surface area (Å²) >= 11 is 4.69. The largest absolute Gasteiger partial charge is 0.477 e. The number of nitrogens with zero attached hydrogens (tertiary/aromatic N) is 2. The molecule has 1 aromatic heterocycles. The van der Waals surface area contributed by atoms with Crippen molar-refractivity contribution in [3.63, 3.8) is 0 Å². The molecule has 0 saturated heterocycles. The van der Waals surface area contributed by atoms with Crippen molar-refractivity contribution in [1.29, 1.82) is 0 Å². The molecule has 2 rings (SSSR count). The molecule has 0 aliphatic rings. The molecule has 0 unspecified atom stereocenters. The second-order valence-corrected chi connectivity index (χ2v) is 5.49. The monoisotopic (exact) mass is 324 g/mol. The molecule has 1 aromatic carbocycles. The summed E-state index contributed by atoms with van der Waals surface area (Å²) in [5, 5.41) is 9.37. The predicted octanol–water partition coefficient (Wildman–Crippen LogP) is 3.40. The minimum Gasteiger partial charge on any atom is -0.477 e. The number of hydrogen-bond donors (Lipinski definition) is 1. The van der Waals surface area contributed by atoms with Gasteiger partial charge in [-0.1, -0.05) is 15.9 Å². The predicted molar refractivity (Wildman–Crippen MR) is 72.0 cm³/mol. The molecule has 2 aromatic rings. The van der Waals surface area contributed by atoms with Crippen molar-refractivity contribution in [2.24, 2.45) is 0 Å². The highest BCUT2D eigenvalue weighted by atomic mass is 79.9. The maximum Gasteiger partial charge on any atom is 0.354 e. The first kappa shape index (κ1) is 13.0. The number of rotatable bonds is 3. The fraction of sp³-hybridized carbons (Fsp3) is 0.0833. The van der Waals surface area contributed by atoms with E-state index in [1.54, 1.807) is 6.92 Å². The van der Waals surface area contributed by atoms with E-state index in [9.17, 15) is 4.79 Å². The van der Waals surface area contributed by atoms with Gasteiger partial charge < -0.3 is 5.11 Å². The van der Waals surface area contributed by atoms with Crippen molar-refractivity contribution >= 4 is 33.7 Å². The second kappa shape index (κ2) is 5.49. The van der Waals surface area contributed by atoms with E-state index in [0.717, 1.165) is 9.37 Å². The average molecular weight is 325 g/mol. The quantitative estimate of drug-likeness (QED) is 0.877. The van der Waals surface area contributed by atoms with Crippen LogP contribution in [0.4, 0.5) is 0 Å². The van der Waals surface area contributed by atoms with Crippen LogP contribution in [-0.2, 0) is 0 Å². The van der Waals surface area contributed by atoms with E-state index >= 15 is 0 Å². The van der Waals surface area contributed by atoms with Gasteiger partial charge in [0.2, 0.25) is 0 Å². The molecule has 0 atom stereocenters. The highest BCUT2D eigenvalue weighted by Gasteiger charge is 2.09. The lowest BCUT2D eigenvalue weighted by atomic mass is 10.3. The van der Waals surface area contributed by atoms with E-state index in [4.69, 9.17) is 5.11 Å². The highest BCUT2D eigenvalue weighted by Crippen LogP contribution is 2.26. The Morgan fingerprint density at radius 1 is 1.28 bits per heavy atom. The van der Waals surface area contributed by atoms with Crippen LogP contribution in [0.3, 0.4) is 0 Å². The first-order valence-electron chi connectivity index (χ1n) is 5.07. The Hall–Kier alpha value is -1.40. The third-order valence-electron chi connectivity index (χ3n) is 2.08. The number of carboxylic acids is 1. The number of benzene rings is 1. The van der Waals surface area contributed by atoms with Gasteiger partial charge in [0, 0.05) is 15.1 Å². The number of hydrogen-bond acceptors (Lipinski definition) is 4. The molecule has 18 heavy (non-hydrogen) atoms. The summed E-state index contributed by atoms with van der Waals surface area (Å²) in [6.07, 6.45) is 0. The van der Waals surface area contributed by atoms with Crippen LogP contribution in [-0.4, -0.2) is 21.0 Å². The lowest BCUT2D eigenvalue weighted by Crippen LogP contribution is -2.03. The molecular weight excluding hydrogens is 316 g/mol. The van der Waals surface area contributed by atoms with E-state index in [-0.39, 0.29) is 5.69 Å². The smallest absolute Gasteiger partial charge is 0.354 e. The van der Waals surface area contributed by atoms with Gasteiger partial charge in [-0.3, -0.25) is 0 Å². The zero-order valence-corrected chi connectivity index (χ0v) is 11.8. The minimum atomic E-state index is -1.04. The molecular formula is C12H9BrN2O2S. The molecule has 0 amide bonds. The van der Waals surface area contributed by atoms with Crippen LogP contribution in [0.15, 0.2) is 44.9 Å². The van der Waals surface area contributed by atoms with Gasteiger partial charge in [0.25, 0.3) is 0 Å². The topological polar surface area (TPSA) is 63.1 Å². The minimum absolute atomic E-state index is 0.0158. The summed E-state index contributed by atoms with van der Waals surface area (Å²) in [6.45, 7) is 1.75. The summed E-state index contributed by atoms with van der Waals surface area (Å²) in [5.41, 5.74) is 0.657. The van der Waals surface area contributed by atoms with Crippen molar-refractivity contribution in [3.8, 4) is 0 Å². The maximum absolute atomic E-state index is 10.9. The fourth-order valence-corrected chi connectivity index (χ4v) is 2.39. The highest BCUT2D eigenvalue weighted by molar-refractivity contribution is 9.10. The standard InChI is InChI=1S/C12H9BrN2O2S/c1-7-6-10(11(16)17)15-12(14-7)18-9-4-2-8(13)3-5-9/h2-6H,1H3,(H,16,17). The Kier molecular flexibility index (Phi) is 3.98. The second-order valence-electron chi connectivity index (χ2n) is 3.54. The molecule has 0 fully saturated rings. The molecule has 0 aliphatic carbocycles. The molecule has 1 N–H and O–H groups in total. The van der Waals surface area contributed by atoms with Crippen molar-refractivity contribution in [1.82, 2.24) is 9.97 Å². The van der Waals surface area contributed by atoms with Crippen molar-refractivity contribution in [2.45, 2.75) is 17.0 Å². The van der Waals surface area contributed by atoms with Crippen molar-refractivity contribution in [2.75, 3.05) is 0 Å². The van der Waals surface area contributed by atoms with Crippen LogP contribution < -0.4 is 0 Å². The number of aromatic carboxylic acids is 1. The van der Waals surface area contributed by atoms with E-state index in [2.05, 4.69) is 25.9 Å². The molecule has 1 heterocycles. The molecule has 6 heteroatoms. The van der Waals surface area contributed by atoms with Gasteiger partial charge in [-0.05, 0) is 49.0 Å². The van der Waals surface area contributed by atoms with Crippen LogP contribution >= 0.6 is 27.7 Å². The zero-order chi connectivity index (χ0) is 13.1. The van der Waals surface area contributed by atoms with Crippen molar-refractivity contribution in [3.05, 3.63) is 46.2 Å². The van der Waals surface area contributed by atoms with Gasteiger partial charge in [0.15, 0.2) is 10.9 Å². The summed E-state index contributed by atoms with van der Waals surface area (Å²) < 4.78 is 0.989. The van der Waals surface area contributed by atoms with E-state index < -0.39 is 5.97 Å². The van der Waals surface area contributed by atoms with Crippen LogP contribution in [0.2, 0.25) is 0 Å². The van der Waals surface area contributed by atoms with Gasteiger partial charge in [-0.15, -0.1) is 0 Å². The number of aryl methyl sites for hydroxylation is 1. The SMILES string of the molecule is Cc1cc(C(=O)O)nc(Sc2ccc(Br)cc2)n1. The summed E-state index contributed by atoms with van der Waals surface area (Å²) in [5.74, 6) is -1.04. The molecule has 0 bridgehead atoms. The van der Waals surface area contributed by atoms with E-state index in [1.165, 1.54) is 17.8 Å². The van der Waals surface area contributed by atoms with E-state index in [0.29, 0.717) is 10.9 Å². The molecule has 0 spiro atoms. The summed E-state index contributed by atoms with van der Waals surface area (Å²) in [7, 11) is 0. The Morgan fingerprint density at radius 2 is 1.94 bits per heavy atom. The average Bonchev–Trinajstić information content (AvgIpc) is 2.31. The third-order valence-corrected chi connectivity index (χ3v) is 3.48. The van der Waals surface area contributed by atoms with Crippen LogP contribution in [0, 0.1) is 6.92 Å². The van der Waals surface area contributed by atoms with Crippen LogP contribution in [0.5, 0.6) is 0 Å². The number of carbonyl (C=O) groups is 1. The van der Waals surface area contributed by atoms with Crippen molar-refractivity contribution < 1.29 is 9.90 Å². The summed E-state index contributed by atoms with van der Waals surface area (Å²) in [4.78, 5) is 20.1. The molecule has 0 saturated carbocycles. The van der Waals surface area contributed by atoms with Gasteiger partial charge in [0.05, 0.1) is 0 Å². The molecule has 4 nitrogen and oxygen atoms in total. The first-order valence-corrected chi connectivity index (χ1v) is 6.68. The van der Waals surface area contributed by atoms with Gasteiger partial charge in [0.1, 0.15) is 0 Å². The fourth-order valence-electron chi connectivity index (χ4n) is 1.30. The van der Waals surface area contributed by atoms with E-state index in [1.807, 2.05) is 24.3 Å². The molecule has 0 radical (unpaired) electrons. The Balaban J connectivity index is 2.28. The first-order chi connectivity index (χ1) is 8.54. The Bertz CT molecular complexity index is 587. The van der Waals surface area contributed by atoms with Gasteiger partial charge in [-0.25, -0.2) is 14.8 Å².